The van der Waals surface area contributed by atoms with Crippen LogP contribution in [0, 0.1) is 5.82 Å². The highest BCUT2D eigenvalue weighted by molar-refractivity contribution is 7.89. The van der Waals surface area contributed by atoms with E-state index in [2.05, 4.69) is 39.2 Å². The molecule has 0 saturated carbocycles. The van der Waals surface area contributed by atoms with Gasteiger partial charge in [0.1, 0.15) is 5.82 Å². The molecule has 1 amide bonds. The molecule has 1 aliphatic rings. The molecule has 0 spiro atoms. The number of hydrogen-bond acceptors (Lipinski definition) is 5. The third-order valence-electron chi connectivity index (χ3n) is 4.81. The molecule has 0 atom stereocenters. The SMILES string of the molecule is CC(=O)Nc1ccc(S(=O)(=O)NCCCc2ccc(N3CCOCC3)cc2)cc1F. The number of halogens is 1. The van der Waals surface area contributed by atoms with Gasteiger partial charge in [0.25, 0.3) is 0 Å². The molecule has 162 valence electrons. The first-order chi connectivity index (χ1) is 14.3. The maximum absolute atomic E-state index is 14.0. The topological polar surface area (TPSA) is 87.7 Å². The monoisotopic (exact) mass is 435 g/mol. The Bertz CT molecular complexity index is 974. The average Bonchev–Trinajstić information content (AvgIpc) is 2.73. The average molecular weight is 436 g/mol. The first-order valence-electron chi connectivity index (χ1n) is 9.83. The molecule has 9 heteroatoms. The van der Waals surface area contributed by atoms with Gasteiger partial charge in [-0.1, -0.05) is 12.1 Å². The van der Waals surface area contributed by atoms with Crippen molar-refractivity contribution in [2.24, 2.45) is 0 Å². The Labute approximate surface area is 176 Å². The van der Waals surface area contributed by atoms with Crippen molar-refractivity contribution in [3.8, 4) is 0 Å². The maximum atomic E-state index is 14.0. The van der Waals surface area contributed by atoms with Gasteiger partial charge in [-0.25, -0.2) is 17.5 Å². The van der Waals surface area contributed by atoms with Crippen molar-refractivity contribution in [2.75, 3.05) is 43.1 Å². The molecule has 30 heavy (non-hydrogen) atoms. The van der Waals surface area contributed by atoms with Crippen LogP contribution in [0.5, 0.6) is 0 Å². The number of morpholine rings is 1. The number of ether oxygens (including phenoxy) is 1. The van der Waals surface area contributed by atoms with E-state index in [-0.39, 0.29) is 17.1 Å². The van der Waals surface area contributed by atoms with Gasteiger partial charge in [-0.3, -0.25) is 4.79 Å². The van der Waals surface area contributed by atoms with E-state index in [9.17, 15) is 17.6 Å². The molecule has 2 aromatic rings. The van der Waals surface area contributed by atoms with Crippen molar-refractivity contribution in [2.45, 2.75) is 24.7 Å². The van der Waals surface area contributed by atoms with Crippen molar-refractivity contribution in [1.29, 1.82) is 0 Å². The molecule has 0 bridgehead atoms. The van der Waals surface area contributed by atoms with Crippen LogP contribution in [0.15, 0.2) is 47.4 Å². The lowest BCUT2D eigenvalue weighted by Gasteiger charge is -2.28. The van der Waals surface area contributed by atoms with Crippen LogP contribution >= 0.6 is 0 Å². The Kier molecular flexibility index (Phi) is 7.41. The molecule has 0 unspecified atom stereocenters. The van der Waals surface area contributed by atoms with E-state index in [1.54, 1.807) is 0 Å². The minimum absolute atomic E-state index is 0.0537. The van der Waals surface area contributed by atoms with Gasteiger partial charge >= 0.3 is 0 Å². The third-order valence-corrected chi connectivity index (χ3v) is 6.27. The van der Waals surface area contributed by atoms with Crippen LogP contribution in [0.3, 0.4) is 0 Å². The lowest BCUT2D eigenvalue weighted by atomic mass is 10.1. The van der Waals surface area contributed by atoms with E-state index >= 15 is 0 Å². The Morgan fingerprint density at radius 1 is 1.13 bits per heavy atom. The molecule has 3 rings (SSSR count). The van der Waals surface area contributed by atoms with Crippen LogP contribution < -0.4 is 14.9 Å². The summed E-state index contributed by atoms with van der Waals surface area (Å²) in [6.45, 7) is 4.73. The highest BCUT2D eigenvalue weighted by Crippen LogP contribution is 2.20. The Balaban J connectivity index is 1.49. The summed E-state index contributed by atoms with van der Waals surface area (Å²) in [5, 5.41) is 2.31. The Morgan fingerprint density at radius 2 is 1.83 bits per heavy atom. The number of carbonyl (C=O) groups is 1. The second-order valence-electron chi connectivity index (χ2n) is 7.09. The number of hydrogen-bond donors (Lipinski definition) is 2. The van der Waals surface area contributed by atoms with Crippen LogP contribution in [-0.2, 0) is 26.0 Å². The summed E-state index contributed by atoms with van der Waals surface area (Å²) < 4.78 is 46.6. The normalized spacial score (nSPS) is 14.5. The first-order valence-corrected chi connectivity index (χ1v) is 11.3. The molecule has 0 radical (unpaired) electrons. The van der Waals surface area contributed by atoms with Gasteiger partial charge in [-0.15, -0.1) is 0 Å². The van der Waals surface area contributed by atoms with Gasteiger partial charge < -0.3 is 15.0 Å². The predicted molar refractivity (Wildman–Crippen MR) is 114 cm³/mol. The summed E-state index contributed by atoms with van der Waals surface area (Å²) in [5.74, 6) is -1.23. The fraction of sp³-hybridized carbons (Fsp3) is 0.381. The second-order valence-corrected chi connectivity index (χ2v) is 8.86. The molecular weight excluding hydrogens is 409 g/mol. The number of nitrogens with one attached hydrogen (secondary N) is 2. The largest absolute Gasteiger partial charge is 0.378 e. The van der Waals surface area contributed by atoms with Gasteiger partial charge in [-0.05, 0) is 48.7 Å². The second kappa shape index (κ2) is 10.0. The summed E-state index contributed by atoms with van der Waals surface area (Å²) in [5.41, 5.74) is 2.23. The Morgan fingerprint density at radius 3 is 2.47 bits per heavy atom. The molecule has 7 nitrogen and oxygen atoms in total. The third kappa shape index (κ3) is 6.01. The summed E-state index contributed by atoms with van der Waals surface area (Å²) in [6, 6.07) is 11.7. The zero-order valence-electron chi connectivity index (χ0n) is 16.9. The summed E-state index contributed by atoms with van der Waals surface area (Å²) in [7, 11) is -3.82. The van der Waals surface area contributed by atoms with Gasteiger partial charge in [0.2, 0.25) is 15.9 Å². The number of carbonyl (C=O) groups excluding carboxylic acids is 1. The van der Waals surface area contributed by atoms with Crippen molar-refractivity contribution < 1.29 is 22.3 Å². The van der Waals surface area contributed by atoms with E-state index in [4.69, 9.17) is 4.74 Å². The zero-order chi connectivity index (χ0) is 21.6. The van der Waals surface area contributed by atoms with Gasteiger partial charge in [0, 0.05) is 32.2 Å². The minimum atomic E-state index is -3.82. The molecule has 1 fully saturated rings. The molecule has 2 aromatic carbocycles. The van der Waals surface area contributed by atoms with Gasteiger partial charge in [0.15, 0.2) is 0 Å². The number of rotatable bonds is 8. The summed E-state index contributed by atoms with van der Waals surface area (Å²) in [4.78, 5) is 13.1. The lowest BCUT2D eigenvalue weighted by molar-refractivity contribution is -0.114. The molecule has 1 saturated heterocycles. The van der Waals surface area contributed by atoms with E-state index in [0.29, 0.717) is 6.42 Å². The first kappa shape index (κ1) is 22.2. The summed E-state index contributed by atoms with van der Waals surface area (Å²) in [6.07, 6.45) is 1.34. The Hall–Kier alpha value is -2.49. The van der Waals surface area contributed by atoms with Crippen LogP contribution in [-0.4, -0.2) is 47.2 Å². The minimum Gasteiger partial charge on any atom is -0.378 e. The van der Waals surface area contributed by atoms with E-state index in [1.165, 1.54) is 19.1 Å². The van der Waals surface area contributed by atoms with Gasteiger partial charge in [-0.2, -0.15) is 0 Å². The number of aryl methyl sites for hydroxylation is 1. The lowest BCUT2D eigenvalue weighted by Crippen LogP contribution is -2.36. The number of amides is 1. The fourth-order valence-corrected chi connectivity index (χ4v) is 4.32. The summed E-state index contributed by atoms with van der Waals surface area (Å²) >= 11 is 0. The number of benzene rings is 2. The molecule has 0 aromatic heterocycles. The number of anilines is 2. The molecule has 1 heterocycles. The zero-order valence-corrected chi connectivity index (χ0v) is 17.7. The van der Waals surface area contributed by atoms with Crippen molar-refractivity contribution >= 4 is 27.3 Å². The van der Waals surface area contributed by atoms with E-state index in [1.807, 2.05) is 0 Å². The molecular formula is C21H26FN3O4S. The van der Waals surface area contributed by atoms with Crippen LogP contribution in [0.4, 0.5) is 15.8 Å². The molecule has 2 N–H and O–H groups in total. The fourth-order valence-electron chi connectivity index (χ4n) is 3.23. The predicted octanol–water partition coefficient (Wildman–Crippen LogP) is 2.53. The van der Waals surface area contributed by atoms with Crippen molar-refractivity contribution in [3.63, 3.8) is 0 Å². The van der Waals surface area contributed by atoms with Crippen LogP contribution in [0.25, 0.3) is 0 Å². The maximum Gasteiger partial charge on any atom is 0.240 e. The van der Waals surface area contributed by atoms with Gasteiger partial charge in [0.05, 0.1) is 23.8 Å². The van der Waals surface area contributed by atoms with E-state index in [0.717, 1.165) is 50.0 Å². The van der Waals surface area contributed by atoms with E-state index < -0.39 is 21.7 Å². The standard InChI is InChI=1S/C21H26FN3O4S/c1-16(26)24-21-9-8-19(15-20(21)22)30(27,28)23-10-2-3-17-4-6-18(7-5-17)25-11-13-29-14-12-25/h4-9,15,23H,2-3,10-14H2,1H3,(H,24,26). The number of nitrogens with zero attached hydrogens (tertiary/aromatic N) is 1. The van der Waals surface area contributed by atoms with Crippen LogP contribution in [0.1, 0.15) is 18.9 Å². The quantitative estimate of drug-likeness (QED) is 0.622. The highest BCUT2D eigenvalue weighted by atomic mass is 32.2. The smallest absolute Gasteiger partial charge is 0.240 e. The van der Waals surface area contributed by atoms with Crippen molar-refractivity contribution in [1.82, 2.24) is 4.72 Å². The number of sulfonamides is 1. The molecule has 0 aliphatic carbocycles. The van der Waals surface area contributed by atoms with Crippen molar-refractivity contribution in [3.05, 3.63) is 53.8 Å². The molecule has 1 aliphatic heterocycles. The van der Waals surface area contributed by atoms with Crippen LogP contribution in [0.2, 0.25) is 0 Å². The highest BCUT2D eigenvalue weighted by Gasteiger charge is 2.16.